The number of para-hydroxylation sites is 2. The van der Waals surface area contributed by atoms with Gasteiger partial charge in [0.05, 0.1) is 11.1 Å². The van der Waals surface area contributed by atoms with E-state index in [9.17, 15) is 19.5 Å². The van der Waals surface area contributed by atoms with Crippen LogP contribution in [0.3, 0.4) is 0 Å². The van der Waals surface area contributed by atoms with Crippen LogP contribution in [-0.4, -0.2) is 43.7 Å². The first-order valence-corrected chi connectivity index (χ1v) is 13.7. The number of halogens is 1. The SMILES string of the molecule is CC1=C(C(=O)Nc2cc(C(=O)O)ccn2)C(c2ccccc2Cl)N=C(Nc2nc3ccccc3o2)N1C(=O)c1ccccc1. The van der Waals surface area contributed by atoms with Gasteiger partial charge in [-0.05, 0) is 49.4 Å². The fourth-order valence-corrected chi connectivity index (χ4v) is 5.05. The Bertz CT molecular complexity index is 1950. The second-order valence-electron chi connectivity index (χ2n) is 9.68. The highest BCUT2D eigenvalue weighted by atomic mass is 35.5. The van der Waals surface area contributed by atoms with Crippen molar-refractivity contribution >= 4 is 58.3 Å². The number of hydrogen-bond donors (Lipinski definition) is 3. The maximum Gasteiger partial charge on any atom is 0.335 e. The molecular weight excluding hydrogens is 584 g/mol. The molecule has 0 bridgehead atoms. The molecule has 0 fully saturated rings. The van der Waals surface area contributed by atoms with Gasteiger partial charge in [0.2, 0.25) is 5.96 Å². The zero-order valence-electron chi connectivity index (χ0n) is 23.1. The second-order valence-corrected chi connectivity index (χ2v) is 10.1. The molecule has 0 aliphatic carbocycles. The zero-order chi connectivity index (χ0) is 30.8. The molecule has 0 saturated heterocycles. The van der Waals surface area contributed by atoms with E-state index in [1.54, 1.807) is 73.7 Å². The van der Waals surface area contributed by atoms with Gasteiger partial charge in [0.1, 0.15) is 17.4 Å². The van der Waals surface area contributed by atoms with Crippen LogP contribution in [0.4, 0.5) is 11.8 Å². The maximum absolute atomic E-state index is 14.0. The van der Waals surface area contributed by atoms with Crippen LogP contribution in [0.5, 0.6) is 0 Å². The van der Waals surface area contributed by atoms with Crippen LogP contribution in [0.1, 0.15) is 39.2 Å². The van der Waals surface area contributed by atoms with E-state index in [1.807, 2.05) is 12.1 Å². The van der Waals surface area contributed by atoms with Crippen molar-refractivity contribution in [3.05, 3.63) is 130 Å². The fourth-order valence-electron chi connectivity index (χ4n) is 4.82. The molecule has 44 heavy (non-hydrogen) atoms. The van der Waals surface area contributed by atoms with E-state index in [2.05, 4.69) is 20.6 Å². The number of rotatable bonds is 6. The van der Waals surface area contributed by atoms with E-state index < -0.39 is 23.8 Å². The number of aliphatic imine (C=N–C) groups is 1. The number of amides is 2. The summed E-state index contributed by atoms with van der Waals surface area (Å²) in [7, 11) is 0. The molecule has 2 aromatic heterocycles. The first-order chi connectivity index (χ1) is 21.3. The van der Waals surface area contributed by atoms with E-state index in [0.29, 0.717) is 27.2 Å². The first-order valence-electron chi connectivity index (χ1n) is 13.4. The lowest BCUT2D eigenvalue weighted by atomic mass is 9.94. The third-order valence-corrected chi connectivity index (χ3v) is 7.24. The lowest BCUT2D eigenvalue weighted by Gasteiger charge is -2.33. The van der Waals surface area contributed by atoms with E-state index in [4.69, 9.17) is 21.0 Å². The number of nitrogens with one attached hydrogen (secondary N) is 2. The molecule has 3 heterocycles. The minimum absolute atomic E-state index is 0.00780. The second kappa shape index (κ2) is 11.8. The summed E-state index contributed by atoms with van der Waals surface area (Å²) in [5, 5.41) is 15.5. The Balaban J connectivity index is 1.49. The van der Waals surface area contributed by atoms with Crippen molar-refractivity contribution < 1.29 is 23.9 Å². The van der Waals surface area contributed by atoms with Gasteiger partial charge in [-0.15, -0.1) is 0 Å². The van der Waals surface area contributed by atoms with Crippen LogP contribution in [0.25, 0.3) is 11.1 Å². The summed E-state index contributed by atoms with van der Waals surface area (Å²) in [4.78, 5) is 54.2. The van der Waals surface area contributed by atoms with Gasteiger partial charge >= 0.3 is 12.0 Å². The summed E-state index contributed by atoms with van der Waals surface area (Å²) in [5.74, 6) is -2.25. The number of anilines is 2. The molecule has 11 nitrogen and oxygen atoms in total. The lowest BCUT2D eigenvalue weighted by molar-refractivity contribution is -0.113. The van der Waals surface area contributed by atoms with Crippen molar-refractivity contribution in [1.82, 2.24) is 14.9 Å². The number of carboxylic acids is 1. The van der Waals surface area contributed by atoms with Gasteiger partial charge in [-0.2, -0.15) is 4.98 Å². The zero-order valence-corrected chi connectivity index (χ0v) is 23.8. The van der Waals surface area contributed by atoms with E-state index in [-0.39, 0.29) is 34.6 Å². The van der Waals surface area contributed by atoms with Crippen molar-refractivity contribution in [2.75, 3.05) is 10.6 Å². The highest BCUT2D eigenvalue weighted by molar-refractivity contribution is 6.31. The molecule has 0 radical (unpaired) electrons. The summed E-state index contributed by atoms with van der Waals surface area (Å²) in [6, 6.07) is 24.3. The van der Waals surface area contributed by atoms with Crippen LogP contribution in [-0.2, 0) is 4.79 Å². The van der Waals surface area contributed by atoms with Crippen LogP contribution >= 0.6 is 11.6 Å². The molecule has 0 spiro atoms. The summed E-state index contributed by atoms with van der Waals surface area (Å²) in [6.45, 7) is 1.61. The average Bonchev–Trinajstić information content (AvgIpc) is 3.44. The highest BCUT2D eigenvalue weighted by Gasteiger charge is 2.38. The van der Waals surface area contributed by atoms with Gasteiger partial charge in [-0.3, -0.25) is 14.9 Å². The fraction of sp³-hybridized carbons (Fsp3) is 0.0625. The number of benzene rings is 3. The number of aromatic carboxylic acids is 1. The number of oxazole rings is 1. The van der Waals surface area contributed by atoms with E-state index >= 15 is 0 Å². The normalized spacial score (nSPS) is 14.7. The van der Waals surface area contributed by atoms with Crippen molar-refractivity contribution in [3.8, 4) is 0 Å². The lowest BCUT2D eigenvalue weighted by Crippen LogP contribution is -2.44. The quantitative estimate of drug-likeness (QED) is 0.208. The molecule has 1 aliphatic heterocycles. The molecule has 1 aliphatic rings. The van der Waals surface area contributed by atoms with Crippen LogP contribution < -0.4 is 10.6 Å². The predicted octanol–water partition coefficient (Wildman–Crippen LogP) is 6.15. The highest BCUT2D eigenvalue weighted by Crippen LogP contribution is 2.38. The smallest absolute Gasteiger partial charge is 0.335 e. The van der Waals surface area contributed by atoms with Gasteiger partial charge in [0.25, 0.3) is 11.8 Å². The Morgan fingerprint density at radius 1 is 0.932 bits per heavy atom. The van der Waals surface area contributed by atoms with Gasteiger partial charge in [0, 0.05) is 28.0 Å². The Hall–Kier alpha value is -5.81. The van der Waals surface area contributed by atoms with Gasteiger partial charge in [-0.1, -0.05) is 60.1 Å². The van der Waals surface area contributed by atoms with Crippen molar-refractivity contribution in [2.45, 2.75) is 13.0 Å². The van der Waals surface area contributed by atoms with E-state index in [0.717, 1.165) is 0 Å². The van der Waals surface area contributed by atoms with Gasteiger partial charge in [-0.25, -0.2) is 19.7 Å². The monoisotopic (exact) mass is 606 g/mol. The third-order valence-electron chi connectivity index (χ3n) is 6.89. The molecule has 3 N–H and O–H groups in total. The number of hydrogen-bond acceptors (Lipinski definition) is 8. The number of carboxylic acid groups (broad SMARTS) is 1. The minimum atomic E-state index is -1.18. The number of guanidine groups is 1. The predicted molar refractivity (Wildman–Crippen MR) is 164 cm³/mol. The van der Waals surface area contributed by atoms with Crippen LogP contribution in [0.15, 0.2) is 118 Å². The standard InChI is InChI=1S/C32H23ClN6O5/c1-18-26(28(40)36-25-17-20(30(42)43)15-16-34-25)27(21-11-5-6-12-22(21)33)37-31(39(18)29(41)19-9-3-2-4-10-19)38-32-35-23-13-7-8-14-24(23)44-32/h2-17,27H,1H3,(H,42,43)(H,34,36,40)(H,35,37,38). The summed E-state index contributed by atoms with van der Waals surface area (Å²) in [5.41, 5.74) is 2.23. The summed E-state index contributed by atoms with van der Waals surface area (Å²) >= 11 is 6.61. The largest absolute Gasteiger partial charge is 0.478 e. The molecule has 1 unspecified atom stereocenters. The molecule has 1 atom stereocenters. The molecule has 218 valence electrons. The first kappa shape index (κ1) is 28.3. The van der Waals surface area contributed by atoms with Crippen LogP contribution in [0, 0.1) is 0 Å². The van der Waals surface area contributed by atoms with Crippen LogP contribution in [0.2, 0.25) is 5.02 Å². The molecule has 0 saturated carbocycles. The molecule has 3 aromatic carbocycles. The third kappa shape index (κ3) is 5.51. The number of nitrogens with zero attached hydrogens (tertiary/aromatic N) is 4. The molecule has 12 heteroatoms. The minimum Gasteiger partial charge on any atom is -0.478 e. The van der Waals surface area contributed by atoms with Crippen molar-refractivity contribution in [1.29, 1.82) is 0 Å². The van der Waals surface area contributed by atoms with Crippen molar-refractivity contribution in [2.24, 2.45) is 4.99 Å². The molecular formula is C32H23ClN6O5. The number of aromatic nitrogens is 2. The van der Waals surface area contributed by atoms with Gasteiger partial charge < -0.3 is 14.8 Å². The number of fused-ring (bicyclic) bond motifs is 1. The topological polar surface area (TPSA) is 150 Å². The van der Waals surface area contributed by atoms with E-state index in [1.165, 1.54) is 23.2 Å². The van der Waals surface area contributed by atoms with Gasteiger partial charge in [0.15, 0.2) is 5.58 Å². The Morgan fingerprint density at radius 2 is 1.66 bits per heavy atom. The number of carbonyl (C=O) groups is 3. The Labute approximate surface area is 255 Å². The maximum atomic E-state index is 14.0. The number of pyridine rings is 1. The summed E-state index contributed by atoms with van der Waals surface area (Å²) in [6.07, 6.45) is 1.28. The molecule has 5 aromatic rings. The molecule has 6 rings (SSSR count). The van der Waals surface area contributed by atoms with Crippen molar-refractivity contribution in [3.63, 3.8) is 0 Å². The Kier molecular flexibility index (Phi) is 7.61. The average molecular weight is 607 g/mol. The number of allylic oxidation sites excluding steroid dienone is 1. The molecule has 2 amide bonds. The Morgan fingerprint density at radius 3 is 2.41 bits per heavy atom. The summed E-state index contributed by atoms with van der Waals surface area (Å²) < 4.78 is 5.87. The number of carbonyl (C=O) groups excluding carboxylic acids is 2.